The normalized spacial score (nSPS) is 11.4. The lowest BCUT2D eigenvalue weighted by Gasteiger charge is -2.23. The van der Waals surface area contributed by atoms with Gasteiger partial charge in [0.2, 0.25) is 0 Å². The summed E-state index contributed by atoms with van der Waals surface area (Å²) >= 11 is 1.51. The van der Waals surface area contributed by atoms with Crippen molar-refractivity contribution in [1.82, 2.24) is 9.88 Å². The van der Waals surface area contributed by atoms with E-state index >= 15 is 0 Å². The molecule has 0 aliphatic carbocycles. The maximum absolute atomic E-state index is 13.1. The van der Waals surface area contributed by atoms with Gasteiger partial charge in [-0.2, -0.15) is 0 Å². The van der Waals surface area contributed by atoms with Crippen LogP contribution in [-0.4, -0.2) is 49.1 Å². The molecule has 1 aromatic heterocycles. The number of likely N-dealkylation sites (N-methyl/N-ethyl adjacent to an activating group) is 1. The van der Waals surface area contributed by atoms with Crippen LogP contribution in [0.1, 0.15) is 19.4 Å². The highest BCUT2D eigenvalue weighted by atomic mass is 32.1. The summed E-state index contributed by atoms with van der Waals surface area (Å²) in [6.07, 6.45) is 3.47. The predicted molar refractivity (Wildman–Crippen MR) is 122 cm³/mol. The van der Waals surface area contributed by atoms with Crippen LogP contribution in [0.25, 0.3) is 16.3 Å². The molecule has 6 heteroatoms. The Morgan fingerprint density at radius 2 is 1.83 bits per heavy atom. The molecule has 3 aromatic rings. The molecule has 152 valence electrons. The molecular formula is C23H27N3O2S. The van der Waals surface area contributed by atoms with Crippen LogP contribution in [-0.2, 0) is 4.79 Å². The van der Waals surface area contributed by atoms with Crippen LogP contribution >= 0.6 is 11.3 Å². The Morgan fingerprint density at radius 3 is 2.52 bits per heavy atom. The largest absolute Gasteiger partial charge is 0.494 e. The first-order chi connectivity index (χ1) is 14.2. The highest BCUT2D eigenvalue weighted by Crippen LogP contribution is 2.34. The summed E-state index contributed by atoms with van der Waals surface area (Å²) in [6, 6.07) is 15.7. The number of carbonyl (C=O) groups is 1. The van der Waals surface area contributed by atoms with Gasteiger partial charge in [0, 0.05) is 19.2 Å². The maximum atomic E-state index is 13.1. The summed E-state index contributed by atoms with van der Waals surface area (Å²) in [5.41, 5.74) is 1.79. The molecule has 0 N–H and O–H groups in total. The van der Waals surface area contributed by atoms with Crippen LogP contribution in [0.15, 0.2) is 54.6 Å². The van der Waals surface area contributed by atoms with Gasteiger partial charge in [-0.15, -0.1) is 0 Å². The van der Waals surface area contributed by atoms with Gasteiger partial charge in [-0.1, -0.05) is 61.6 Å². The van der Waals surface area contributed by atoms with Crippen molar-refractivity contribution in [3.05, 3.63) is 60.2 Å². The lowest BCUT2D eigenvalue weighted by atomic mass is 10.2. The van der Waals surface area contributed by atoms with Crippen molar-refractivity contribution >= 4 is 38.7 Å². The molecule has 1 amide bonds. The van der Waals surface area contributed by atoms with E-state index in [1.165, 1.54) is 11.3 Å². The van der Waals surface area contributed by atoms with E-state index in [-0.39, 0.29) is 5.91 Å². The number of fused-ring (bicyclic) bond motifs is 1. The fourth-order valence-corrected chi connectivity index (χ4v) is 4.11. The monoisotopic (exact) mass is 409 g/mol. The molecule has 0 spiro atoms. The second-order valence-electron chi connectivity index (χ2n) is 6.56. The second-order valence-corrected chi connectivity index (χ2v) is 7.57. The minimum Gasteiger partial charge on any atom is -0.494 e. The molecule has 0 unspecified atom stereocenters. The summed E-state index contributed by atoms with van der Waals surface area (Å²) < 4.78 is 6.44. The second kappa shape index (κ2) is 10.2. The number of benzene rings is 2. The van der Waals surface area contributed by atoms with E-state index in [0.29, 0.717) is 11.7 Å². The Kier molecular flexibility index (Phi) is 7.38. The minimum absolute atomic E-state index is 0.0703. The summed E-state index contributed by atoms with van der Waals surface area (Å²) in [5.74, 6) is 0.653. The summed E-state index contributed by atoms with van der Waals surface area (Å²) in [5, 5.41) is 0.694. The summed E-state index contributed by atoms with van der Waals surface area (Å²) in [4.78, 5) is 21.9. The molecule has 0 bridgehead atoms. The van der Waals surface area contributed by atoms with Crippen molar-refractivity contribution in [3.8, 4) is 5.75 Å². The highest BCUT2D eigenvalue weighted by molar-refractivity contribution is 7.22. The average Bonchev–Trinajstić information content (AvgIpc) is 3.20. The number of rotatable bonds is 9. The quantitative estimate of drug-likeness (QED) is 0.481. The number of aromatic nitrogens is 1. The fraction of sp³-hybridized carbons (Fsp3) is 0.304. The number of para-hydroxylation sites is 1. The lowest BCUT2D eigenvalue weighted by Crippen LogP contribution is -2.38. The Morgan fingerprint density at radius 1 is 1.07 bits per heavy atom. The van der Waals surface area contributed by atoms with Crippen LogP contribution in [0.2, 0.25) is 0 Å². The molecule has 1 heterocycles. The van der Waals surface area contributed by atoms with Crippen molar-refractivity contribution < 1.29 is 9.53 Å². The number of carbonyl (C=O) groups excluding carboxylic acids is 1. The van der Waals surface area contributed by atoms with Gasteiger partial charge >= 0.3 is 0 Å². The van der Waals surface area contributed by atoms with E-state index in [9.17, 15) is 4.79 Å². The van der Waals surface area contributed by atoms with Crippen molar-refractivity contribution in [2.75, 3.05) is 38.2 Å². The molecule has 29 heavy (non-hydrogen) atoms. The first kappa shape index (κ1) is 21.0. The van der Waals surface area contributed by atoms with Gasteiger partial charge in [-0.05, 0) is 36.9 Å². The third-order valence-electron chi connectivity index (χ3n) is 4.84. The third-order valence-corrected chi connectivity index (χ3v) is 5.88. The Bertz CT molecular complexity index is 965. The number of nitrogens with zero attached hydrogens (tertiary/aromatic N) is 3. The molecule has 0 aliphatic heterocycles. The van der Waals surface area contributed by atoms with Crippen LogP contribution in [0, 0.1) is 0 Å². The predicted octanol–water partition coefficient (Wildman–Crippen LogP) is 4.69. The summed E-state index contributed by atoms with van der Waals surface area (Å²) in [6.45, 7) is 7.55. The topological polar surface area (TPSA) is 45.7 Å². The number of amides is 1. The van der Waals surface area contributed by atoms with E-state index in [1.807, 2.05) is 54.6 Å². The number of methoxy groups -OCH3 is 1. The van der Waals surface area contributed by atoms with E-state index < -0.39 is 0 Å². The maximum Gasteiger partial charge on any atom is 0.252 e. The molecule has 2 aromatic carbocycles. The van der Waals surface area contributed by atoms with Gasteiger partial charge in [-0.25, -0.2) is 4.98 Å². The van der Waals surface area contributed by atoms with Crippen molar-refractivity contribution in [2.24, 2.45) is 0 Å². The molecule has 0 saturated heterocycles. The molecule has 0 atom stereocenters. The molecule has 0 aliphatic rings. The number of hydrogen-bond acceptors (Lipinski definition) is 5. The van der Waals surface area contributed by atoms with E-state index in [1.54, 1.807) is 18.1 Å². The first-order valence-electron chi connectivity index (χ1n) is 9.86. The van der Waals surface area contributed by atoms with Gasteiger partial charge in [-0.3, -0.25) is 9.69 Å². The fourth-order valence-electron chi connectivity index (χ4n) is 3.09. The van der Waals surface area contributed by atoms with Gasteiger partial charge in [0.15, 0.2) is 5.13 Å². The zero-order chi connectivity index (χ0) is 20.6. The number of hydrogen-bond donors (Lipinski definition) is 0. The average molecular weight is 410 g/mol. The molecule has 0 fully saturated rings. The van der Waals surface area contributed by atoms with Gasteiger partial charge in [0.25, 0.3) is 5.91 Å². The molecule has 5 nitrogen and oxygen atoms in total. The van der Waals surface area contributed by atoms with E-state index in [4.69, 9.17) is 9.72 Å². The van der Waals surface area contributed by atoms with Gasteiger partial charge in [0.05, 0.1) is 11.8 Å². The van der Waals surface area contributed by atoms with E-state index in [2.05, 4.69) is 18.7 Å². The van der Waals surface area contributed by atoms with Gasteiger partial charge < -0.3 is 9.64 Å². The Balaban J connectivity index is 1.90. The first-order valence-corrected chi connectivity index (χ1v) is 10.7. The van der Waals surface area contributed by atoms with Crippen LogP contribution in [0.4, 0.5) is 5.13 Å². The molecule has 0 radical (unpaired) electrons. The van der Waals surface area contributed by atoms with Crippen molar-refractivity contribution in [3.63, 3.8) is 0 Å². The molecule has 3 rings (SSSR count). The number of anilines is 1. The summed E-state index contributed by atoms with van der Waals surface area (Å²) in [7, 11) is 1.64. The van der Waals surface area contributed by atoms with E-state index in [0.717, 1.165) is 41.2 Å². The number of ether oxygens (including phenoxy) is 1. The minimum atomic E-state index is -0.0703. The zero-order valence-corrected chi connectivity index (χ0v) is 18.0. The smallest absolute Gasteiger partial charge is 0.252 e. The van der Waals surface area contributed by atoms with Crippen LogP contribution in [0.3, 0.4) is 0 Å². The Hall–Kier alpha value is -2.70. The van der Waals surface area contributed by atoms with Crippen molar-refractivity contribution in [1.29, 1.82) is 0 Å². The molecule has 0 saturated carbocycles. The van der Waals surface area contributed by atoms with Crippen LogP contribution in [0.5, 0.6) is 5.75 Å². The lowest BCUT2D eigenvalue weighted by molar-refractivity contribution is -0.114. The van der Waals surface area contributed by atoms with Gasteiger partial charge in [0.1, 0.15) is 11.3 Å². The number of thiazole rings is 1. The Labute approximate surface area is 176 Å². The highest BCUT2D eigenvalue weighted by Gasteiger charge is 2.19. The zero-order valence-electron chi connectivity index (χ0n) is 17.2. The standard InChI is InChI=1S/C23H27N3O2S/c1-4-25(5-2)16-17-26(21(27)15-14-18-10-7-6-8-11-18)23-24-22-19(28-3)12-9-13-20(22)29-23/h6-15H,4-5,16-17H2,1-3H3. The van der Waals surface area contributed by atoms with Crippen molar-refractivity contribution in [2.45, 2.75) is 13.8 Å². The molecular weight excluding hydrogens is 382 g/mol. The van der Waals surface area contributed by atoms with Crippen LogP contribution < -0.4 is 9.64 Å². The SMILES string of the molecule is CCN(CC)CCN(C(=O)C=Cc1ccccc1)c1nc2c(OC)cccc2s1. The third kappa shape index (κ3) is 5.22.